The van der Waals surface area contributed by atoms with Gasteiger partial charge in [0.25, 0.3) is 5.91 Å². The number of rotatable bonds is 5. The molecule has 3 aromatic rings. The third-order valence-electron chi connectivity index (χ3n) is 3.92. The highest BCUT2D eigenvalue weighted by molar-refractivity contribution is 6.00. The van der Waals surface area contributed by atoms with Crippen LogP contribution in [-0.4, -0.2) is 5.91 Å². The van der Waals surface area contributed by atoms with Crippen LogP contribution in [0.2, 0.25) is 0 Å². The van der Waals surface area contributed by atoms with Crippen LogP contribution in [-0.2, 0) is 6.54 Å². The van der Waals surface area contributed by atoms with E-state index in [9.17, 15) is 4.79 Å². The molecule has 4 heteroatoms. The number of para-hydroxylation sites is 1. The first kappa shape index (κ1) is 15.6. The summed E-state index contributed by atoms with van der Waals surface area (Å²) in [5.41, 5.74) is 16.2. The van der Waals surface area contributed by atoms with Gasteiger partial charge in [0.1, 0.15) is 0 Å². The number of hydrogen-bond donors (Lipinski definition) is 3. The number of nitrogens with two attached hydrogens (primary N) is 2. The average molecular weight is 317 g/mol. The Labute approximate surface area is 141 Å². The minimum absolute atomic E-state index is 0.333. The molecule has 3 aromatic carbocycles. The predicted octanol–water partition coefficient (Wildman–Crippen LogP) is 3.65. The van der Waals surface area contributed by atoms with Gasteiger partial charge >= 0.3 is 0 Å². The Bertz CT molecular complexity index is 843. The molecule has 0 saturated heterocycles. The standard InChI is InChI=1S/C20H19N3O/c21-19-17(20(22)24)7-4-8-18(19)23-13-14-9-11-16(12-10-14)15-5-2-1-3-6-15/h1-12,23H,13,21H2,(H2,22,24). The average Bonchev–Trinajstić information content (AvgIpc) is 2.62. The molecule has 0 radical (unpaired) electrons. The molecule has 0 aliphatic carbocycles. The van der Waals surface area contributed by atoms with E-state index >= 15 is 0 Å². The summed E-state index contributed by atoms with van der Waals surface area (Å²) in [5.74, 6) is -0.525. The number of nitrogens with one attached hydrogen (secondary N) is 1. The van der Waals surface area contributed by atoms with Gasteiger partial charge in [-0.25, -0.2) is 0 Å². The molecular formula is C20H19N3O. The first-order valence-electron chi connectivity index (χ1n) is 7.71. The molecule has 0 aliphatic heterocycles. The Morgan fingerprint density at radius 3 is 2.17 bits per heavy atom. The molecule has 0 saturated carbocycles. The number of hydrogen-bond acceptors (Lipinski definition) is 3. The van der Waals surface area contributed by atoms with Crippen LogP contribution in [0.3, 0.4) is 0 Å². The fourth-order valence-corrected chi connectivity index (χ4v) is 2.58. The maximum atomic E-state index is 11.3. The normalized spacial score (nSPS) is 10.3. The number of amides is 1. The van der Waals surface area contributed by atoms with Gasteiger partial charge in [-0.05, 0) is 28.8 Å². The van der Waals surface area contributed by atoms with E-state index in [4.69, 9.17) is 11.5 Å². The van der Waals surface area contributed by atoms with Crippen LogP contribution < -0.4 is 16.8 Å². The Kier molecular flexibility index (Phi) is 4.47. The van der Waals surface area contributed by atoms with E-state index in [1.165, 1.54) is 11.1 Å². The van der Waals surface area contributed by atoms with Crippen LogP contribution >= 0.6 is 0 Å². The van der Waals surface area contributed by atoms with Crippen molar-refractivity contribution in [2.45, 2.75) is 6.54 Å². The van der Waals surface area contributed by atoms with Crippen molar-refractivity contribution >= 4 is 17.3 Å². The smallest absolute Gasteiger partial charge is 0.250 e. The fraction of sp³-hybridized carbons (Fsp3) is 0.0500. The maximum absolute atomic E-state index is 11.3. The zero-order valence-corrected chi connectivity index (χ0v) is 13.2. The van der Waals surface area contributed by atoms with E-state index in [0.29, 0.717) is 23.5 Å². The van der Waals surface area contributed by atoms with Crippen molar-refractivity contribution in [1.29, 1.82) is 0 Å². The SMILES string of the molecule is NC(=O)c1cccc(NCc2ccc(-c3ccccc3)cc2)c1N. The van der Waals surface area contributed by atoms with E-state index in [-0.39, 0.29) is 0 Å². The fourth-order valence-electron chi connectivity index (χ4n) is 2.58. The van der Waals surface area contributed by atoms with Gasteiger partial charge in [-0.2, -0.15) is 0 Å². The highest BCUT2D eigenvalue weighted by Crippen LogP contribution is 2.24. The second-order valence-electron chi connectivity index (χ2n) is 5.55. The molecule has 0 heterocycles. The van der Waals surface area contributed by atoms with Crippen LogP contribution in [0.4, 0.5) is 11.4 Å². The van der Waals surface area contributed by atoms with Gasteiger partial charge in [0, 0.05) is 6.54 Å². The highest BCUT2D eigenvalue weighted by Gasteiger charge is 2.09. The Morgan fingerprint density at radius 2 is 1.50 bits per heavy atom. The van der Waals surface area contributed by atoms with E-state index in [1.807, 2.05) is 24.3 Å². The van der Waals surface area contributed by atoms with Crippen molar-refractivity contribution in [1.82, 2.24) is 0 Å². The molecule has 0 aliphatic rings. The molecular weight excluding hydrogens is 298 g/mol. The molecule has 5 N–H and O–H groups in total. The van der Waals surface area contributed by atoms with E-state index in [1.54, 1.807) is 12.1 Å². The number of benzene rings is 3. The molecule has 24 heavy (non-hydrogen) atoms. The number of carbonyl (C=O) groups is 1. The largest absolute Gasteiger partial charge is 0.396 e. The summed E-state index contributed by atoms with van der Waals surface area (Å²) in [5, 5.41) is 3.25. The lowest BCUT2D eigenvalue weighted by molar-refractivity contribution is 0.100. The van der Waals surface area contributed by atoms with Crippen molar-refractivity contribution in [3.05, 3.63) is 83.9 Å². The van der Waals surface area contributed by atoms with Crippen LogP contribution in [0, 0.1) is 0 Å². The van der Waals surface area contributed by atoms with Gasteiger partial charge in [0.2, 0.25) is 0 Å². The highest BCUT2D eigenvalue weighted by atomic mass is 16.1. The minimum Gasteiger partial charge on any atom is -0.396 e. The third kappa shape index (κ3) is 3.38. The molecule has 3 rings (SSSR count). The summed E-state index contributed by atoms with van der Waals surface area (Å²) in [6, 6.07) is 23.8. The molecule has 0 atom stereocenters. The third-order valence-corrected chi connectivity index (χ3v) is 3.92. The number of carbonyl (C=O) groups excluding carboxylic acids is 1. The van der Waals surface area contributed by atoms with Gasteiger partial charge in [-0.1, -0.05) is 60.7 Å². The number of primary amides is 1. The van der Waals surface area contributed by atoms with Gasteiger partial charge < -0.3 is 16.8 Å². The van der Waals surface area contributed by atoms with Gasteiger partial charge in [-0.3, -0.25) is 4.79 Å². The van der Waals surface area contributed by atoms with Crippen LogP contribution in [0.15, 0.2) is 72.8 Å². The first-order valence-corrected chi connectivity index (χ1v) is 7.71. The van der Waals surface area contributed by atoms with E-state index < -0.39 is 5.91 Å². The molecule has 120 valence electrons. The van der Waals surface area contributed by atoms with Crippen molar-refractivity contribution in [3.63, 3.8) is 0 Å². The number of anilines is 2. The van der Waals surface area contributed by atoms with Crippen LogP contribution in [0.1, 0.15) is 15.9 Å². The van der Waals surface area contributed by atoms with Gasteiger partial charge in [0.15, 0.2) is 0 Å². The summed E-state index contributed by atoms with van der Waals surface area (Å²) in [6.07, 6.45) is 0. The molecule has 0 aromatic heterocycles. The molecule has 4 nitrogen and oxygen atoms in total. The van der Waals surface area contributed by atoms with Crippen LogP contribution in [0.25, 0.3) is 11.1 Å². The topological polar surface area (TPSA) is 81.1 Å². The number of nitrogen functional groups attached to an aromatic ring is 1. The quantitative estimate of drug-likeness (QED) is 0.628. The lowest BCUT2D eigenvalue weighted by atomic mass is 10.0. The van der Waals surface area contributed by atoms with Crippen molar-refractivity contribution < 1.29 is 4.79 Å². The maximum Gasteiger partial charge on any atom is 0.250 e. The predicted molar refractivity (Wildman–Crippen MR) is 98.6 cm³/mol. The Hall–Kier alpha value is -3.27. The van der Waals surface area contributed by atoms with Crippen molar-refractivity contribution in [2.75, 3.05) is 11.1 Å². The molecule has 1 amide bonds. The second-order valence-corrected chi connectivity index (χ2v) is 5.55. The zero-order valence-electron chi connectivity index (χ0n) is 13.2. The molecule has 0 bridgehead atoms. The van der Waals surface area contributed by atoms with Gasteiger partial charge in [0.05, 0.1) is 16.9 Å². The minimum atomic E-state index is -0.525. The summed E-state index contributed by atoms with van der Waals surface area (Å²) < 4.78 is 0. The van der Waals surface area contributed by atoms with Crippen molar-refractivity contribution in [2.24, 2.45) is 5.73 Å². The molecule has 0 spiro atoms. The molecule has 0 fully saturated rings. The summed E-state index contributed by atoms with van der Waals surface area (Å²) in [7, 11) is 0. The van der Waals surface area contributed by atoms with Gasteiger partial charge in [-0.15, -0.1) is 0 Å². The lowest BCUT2D eigenvalue weighted by Crippen LogP contribution is -2.14. The summed E-state index contributed by atoms with van der Waals surface area (Å²) in [4.78, 5) is 11.3. The van der Waals surface area contributed by atoms with E-state index in [0.717, 1.165) is 5.56 Å². The van der Waals surface area contributed by atoms with E-state index in [2.05, 4.69) is 41.7 Å². The summed E-state index contributed by atoms with van der Waals surface area (Å²) in [6.45, 7) is 0.613. The second kappa shape index (κ2) is 6.87. The molecule has 0 unspecified atom stereocenters. The Morgan fingerprint density at radius 1 is 0.833 bits per heavy atom. The van der Waals surface area contributed by atoms with Crippen molar-refractivity contribution in [3.8, 4) is 11.1 Å². The first-order chi connectivity index (χ1) is 11.6. The van der Waals surface area contributed by atoms with Crippen LogP contribution in [0.5, 0.6) is 0 Å². The Balaban J connectivity index is 1.72. The summed E-state index contributed by atoms with van der Waals surface area (Å²) >= 11 is 0. The monoisotopic (exact) mass is 317 g/mol. The lowest BCUT2D eigenvalue weighted by Gasteiger charge is -2.12. The zero-order chi connectivity index (χ0) is 16.9.